The molecule has 0 unspecified atom stereocenters. The largest absolute Gasteiger partial charge is 0.355 e. The highest BCUT2D eigenvalue weighted by Crippen LogP contribution is 2.27. The summed E-state index contributed by atoms with van der Waals surface area (Å²) in [6, 6.07) is 14.2. The number of aryl methyl sites for hydroxylation is 1. The number of amides is 1. The molecule has 5 nitrogen and oxygen atoms in total. The number of anilines is 2. The number of benzene rings is 2. The molecule has 0 aliphatic carbocycles. The maximum absolute atomic E-state index is 12.2. The second kappa shape index (κ2) is 10.1. The van der Waals surface area contributed by atoms with Crippen molar-refractivity contribution in [3.8, 4) is 0 Å². The first-order valence-electron chi connectivity index (χ1n) is 8.70. The number of fused-ring (bicyclic) bond motifs is 1. The van der Waals surface area contributed by atoms with Crippen molar-refractivity contribution in [2.75, 3.05) is 30.4 Å². The van der Waals surface area contributed by atoms with Gasteiger partial charge in [-0.2, -0.15) is 0 Å². The van der Waals surface area contributed by atoms with Crippen LogP contribution in [0, 0.1) is 6.92 Å². The SMILES string of the molecule is CN=C(NCCC(=O)Nc1cc(Br)ccc1C)N1CCc2ccccc21.I. The van der Waals surface area contributed by atoms with Crippen LogP contribution < -0.4 is 15.5 Å². The zero-order valence-electron chi connectivity index (χ0n) is 15.5. The number of guanidine groups is 1. The van der Waals surface area contributed by atoms with Crippen molar-refractivity contribution in [3.05, 3.63) is 58.1 Å². The number of carbonyl (C=O) groups excluding carboxylic acids is 1. The Morgan fingerprint density at radius 3 is 2.81 bits per heavy atom. The van der Waals surface area contributed by atoms with Crippen LogP contribution >= 0.6 is 39.9 Å². The lowest BCUT2D eigenvalue weighted by molar-refractivity contribution is -0.116. The fourth-order valence-electron chi connectivity index (χ4n) is 3.08. The Kier molecular flexibility index (Phi) is 8.09. The van der Waals surface area contributed by atoms with E-state index in [0.717, 1.165) is 34.6 Å². The summed E-state index contributed by atoms with van der Waals surface area (Å²) in [6.45, 7) is 3.42. The number of hydrogen-bond donors (Lipinski definition) is 2. The van der Waals surface area contributed by atoms with Crippen LogP contribution in [-0.2, 0) is 11.2 Å². The summed E-state index contributed by atoms with van der Waals surface area (Å²) in [5.74, 6) is 0.789. The van der Waals surface area contributed by atoms with Crippen LogP contribution in [-0.4, -0.2) is 32.0 Å². The molecule has 0 fully saturated rings. The molecular weight excluding hydrogens is 519 g/mol. The van der Waals surface area contributed by atoms with E-state index >= 15 is 0 Å². The van der Waals surface area contributed by atoms with E-state index in [1.165, 1.54) is 11.3 Å². The van der Waals surface area contributed by atoms with Crippen LogP contribution in [0.15, 0.2) is 51.9 Å². The molecule has 0 saturated carbocycles. The number of aliphatic imine (C=N–C) groups is 1. The summed E-state index contributed by atoms with van der Waals surface area (Å²) in [6.07, 6.45) is 1.39. The molecule has 0 saturated heterocycles. The van der Waals surface area contributed by atoms with Crippen LogP contribution in [0.4, 0.5) is 11.4 Å². The zero-order chi connectivity index (χ0) is 18.5. The molecule has 0 atom stereocenters. The maximum atomic E-state index is 12.2. The molecule has 1 aliphatic rings. The smallest absolute Gasteiger partial charge is 0.226 e. The molecule has 0 bridgehead atoms. The summed E-state index contributed by atoms with van der Waals surface area (Å²) in [7, 11) is 1.77. The molecule has 2 aromatic rings. The maximum Gasteiger partial charge on any atom is 0.226 e. The normalized spacial score (nSPS) is 13.0. The quantitative estimate of drug-likeness (QED) is 0.343. The molecule has 144 valence electrons. The third-order valence-corrected chi connectivity index (χ3v) is 4.96. The van der Waals surface area contributed by atoms with Crippen molar-refractivity contribution in [1.29, 1.82) is 0 Å². The van der Waals surface area contributed by atoms with Crippen LogP contribution in [0.2, 0.25) is 0 Å². The van der Waals surface area contributed by atoms with E-state index in [0.29, 0.717) is 13.0 Å². The zero-order valence-corrected chi connectivity index (χ0v) is 19.4. The predicted molar refractivity (Wildman–Crippen MR) is 126 cm³/mol. The number of para-hydroxylation sites is 1. The van der Waals surface area contributed by atoms with E-state index in [9.17, 15) is 4.79 Å². The Hall–Kier alpha value is -1.61. The lowest BCUT2D eigenvalue weighted by Gasteiger charge is -2.22. The summed E-state index contributed by atoms with van der Waals surface area (Å²) in [4.78, 5) is 18.8. The number of rotatable bonds is 4. The Morgan fingerprint density at radius 2 is 2.04 bits per heavy atom. The molecule has 0 spiro atoms. The Morgan fingerprint density at radius 1 is 1.26 bits per heavy atom. The monoisotopic (exact) mass is 542 g/mol. The molecule has 2 N–H and O–H groups in total. The molecule has 3 rings (SSSR count). The molecule has 27 heavy (non-hydrogen) atoms. The second-order valence-electron chi connectivity index (χ2n) is 6.26. The molecule has 0 radical (unpaired) electrons. The van der Waals surface area contributed by atoms with Crippen LogP contribution in [0.3, 0.4) is 0 Å². The molecule has 2 aromatic carbocycles. The molecule has 1 aliphatic heterocycles. The van der Waals surface area contributed by atoms with Gasteiger partial charge in [0.1, 0.15) is 0 Å². The van der Waals surface area contributed by atoms with E-state index in [1.54, 1.807) is 7.05 Å². The van der Waals surface area contributed by atoms with E-state index < -0.39 is 0 Å². The van der Waals surface area contributed by atoms with Gasteiger partial charge in [0.2, 0.25) is 5.91 Å². The van der Waals surface area contributed by atoms with Gasteiger partial charge in [-0.1, -0.05) is 40.2 Å². The Labute approximate surface area is 185 Å². The highest BCUT2D eigenvalue weighted by atomic mass is 127. The first-order chi connectivity index (χ1) is 12.6. The topological polar surface area (TPSA) is 56.7 Å². The van der Waals surface area contributed by atoms with Crippen molar-refractivity contribution >= 4 is 63.1 Å². The lowest BCUT2D eigenvalue weighted by Crippen LogP contribution is -2.41. The van der Waals surface area contributed by atoms with Crippen LogP contribution in [0.25, 0.3) is 0 Å². The first kappa shape index (κ1) is 21.7. The number of nitrogens with zero attached hydrogens (tertiary/aromatic N) is 2. The van der Waals surface area contributed by atoms with Crippen molar-refractivity contribution in [3.63, 3.8) is 0 Å². The van der Waals surface area contributed by atoms with Crippen LogP contribution in [0.5, 0.6) is 0 Å². The molecule has 0 aromatic heterocycles. The molecule has 1 amide bonds. The molecule has 1 heterocycles. The number of halogens is 2. The van der Waals surface area contributed by atoms with Gasteiger partial charge >= 0.3 is 0 Å². The fraction of sp³-hybridized carbons (Fsp3) is 0.300. The third kappa shape index (κ3) is 5.44. The fourth-order valence-corrected chi connectivity index (χ4v) is 3.44. The van der Waals surface area contributed by atoms with Gasteiger partial charge in [0.25, 0.3) is 0 Å². The van der Waals surface area contributed by atoms with Gasteiger partial charge in [-0.15, -0.1) is 24.0 Å². The van der Waals surface area contributed by atoms with Gasteiger partial charge in [-0.25, -0.2) is 0 Å². The van der Waals surface area contributed by atoms with E-state index in [-0.39, 0.29) is 29.9 Å². The number of nitrogens with one attached hydrogen (secondary N) is 2. The Balaban J connectivity index is 0.00000261. The average molecular weight is 543 g/mol. The summed E-state index contributed by atoms with van der Waals surface area (Å²) < 4.78 is 0.949. The summed E-state index contributed by atoms with van der Waals surface area (Å²) in [5, 5.41) is 6.27. The van der Waals surface area contributed by atoms with Crippen molar-refractivity contribution < 1.29 is 4.79 Å². The molecular formula is C20H24BrIN4O. The lowest BCUT2D eigenvalue weighted by atomic mass is 10.2. The Bertz CT molecular complexity index is 840. The van der Waals surface area contributed by atoms with Gasteiger partial charge in [0, 0.05) is 42.4 Å². The average Bonchev–Trinajstić information content (AvgIpc) is 3.06. The minimum absolute atomic E-state index is 0. The highest BCUT2D eigenvalue weighted by molar-refractivity contribution is 14.0. The van der Waals surface area contributed by atoms with Crippen LogP contribution in [0.1, 0.15) is 17.5 Å². The highest BCUT2D eigenvalue weighted by Gasteiger charge is 2.22. The van der Waals surface area contributed by atoms with Crippen molar-refractivity contribution in [1.82, 2.24) is 5.32 Å². The summed E-state index contributed by atoms with van der Waals surface area (Å²) in [5.41, 5.74) is 4.40. The van der Waals surface area contributed by atoms with Gasteiger partial charge in [0.15, 0.2) is 5.96 Å². The van der Waals surface area contributed by atoms with Gasteiger partial charge < -0.3 is 15.5 Å². The third-order valence-electron chi connectivity index (χ3n) is 4.46. The number of hydrogen-bond acceptors (Lipinski definition) is 2. The van der Waals surface area contributed by atoms with Gasteiger partial charge in [0.05, 0.1) is 0 Å². The second-order valence-corrected chi connectivity index (χ2v) is 7.18. The van der Waals surface area contributed by atoms with E-state index in [2.05, 4.69) is 54.7 Å². The summed E-state index contributed by atoms with van der Waals surface area (Å²) >= 11 is 3.43. The number of carbonyl (C=O) groups is 1. The first-order valence-corrected chi connectivity index (χ1v) is 9.50. The van der Waals surface area contributed by atoms with Crippen molar-refractivity contribution in [2.45, 2.75) is 19.8 Å². The minimum atomic E-state index is -0.0176. The van der Waals surface area contributed by atoms with Gasteiger partial charge in [-0.3, -0.25) is 9.79 Å². The predicted octanol–water partition coefficient (Wildman–Crippen LogP) is 4.34. The van der Waals surface area contributed by atoms with E-state index in [1.807, 2.05) is 31.2 Å². The minimum Gasteiger partial charge on any atom is -0.355 e. The van der Waals surface area contributed by atoms with Gasteiger partial charge in [-0.05, 0) is 42.7 Å². The van der Waals surface area contributed by atoms with E-state index in [4.69, 9.17) is 0 Å². The standard InChI is InChI=1S/C20H23BrN4O.HI/c1-14-7-8-16(21)13-17(14)24-19(26)9-11-23-20(22-2)25-12-10-15-5-3-4-6-18(15)25;/h3-8,13H,9-12H2,1-2H3,(H,22,23)(H,24,26);1H. The molecule has 7 heteroatoms. The van der Waals surface area contributed by atoms with Crippen molar-refractivity contribution in [2.24, 2.45) is 4.99 Å².